The van der Waals surface area contributed by atoms with Crippen molar-refractivity contribution in [1.82, 2.24) is 0 Å². The molecule has 1 heterocycles. The van der Waals surface area contributed by atoms with Gasteiger partial charge in [0.25, 0.3) is 0 Å². The first kappa shape index (κ1) is 14.2. The lowest BCUT2D eigenvalue weighted by molar-refractivity contribution is -0.0529. The van der Waals surface area contributed by atoms with E-state index >= 15 is 0 Å². The van der Waals surface area contributed by atoms with Crippen molar-refractivity contribution in [1.29, 1.82) is 0 Å². The lowest BCUT2D eigenvalue weighted by Gasteiger charge is -2.37. The Hall–Kier alpha value is -0.740. The van der Waals surface area contributed by atoms with Crippen LogP contribution in [-0.4, -0.2) is 21.6 Å². The molecule has 0 bridgehead atoms. The van der Waals surface area contributed by atoms with Gasteiger partial charge in [-0.2, -0.15) is 0 Å². The van der Waals surface area contributed by atoms with E-state index < -0.39 is 0 Å². The molecule has 1 fully saturated rings. The zero-order valence-electron chi connectivity index (χ0n) is 11.5. The lowest BCUT2D eigenvalue weighted by atomic mass is 9.80. The highest BCUT2D eigenvalue weighted by Gasteiger charge is 2.34. The third-order valence-corrected chi connectivity index (χ3v) is 5.29. The molecule has 0 aromatic heterocycles. The molecule has 0 saturated heterocycles. The molecule has 20 heavy (non-hydrogen) atoms. The van der Waals surface area contributed by atoms with E-state index in [2.05, 4.69) is 15.9 Å². The molecule has 3 nitrogen and oxygen atoms in total. The van der Waals surface area contributed by atoms with Crippen LogP contribution in [-0.2, 0) is 11.2 Å². The van der Waals surface area contributed by atoms with E-state index in [4.69, 9.17) is 4.74 Å². The van der Waals surface area contributed by atoms with Gasteiger partial charge in [0.1, 0.15) is 0 Å². The van der Waals surface area contributed by atoms with Crippen molar-refractivity contribution in [3.63, 3.8) is 0 Å². The molecular formula is C16H21BrO3. The summed E-state index contributed by atoms with van der Waals surface area (Å²) in [6.07, 6.45) is 7.17. The van der Waals surface area contributed by atoms with Crippen LogP contribution in [0.5, 0.6) is 11.5 Å². The third-order valence-electron chi connectivity index (χ3n) is 4.70. The molecule has 0 radical (unpaired) electrons. The molecule has 0 spiro atoms. The van der Waals surface area contributed by atoms with Gasteiger partial charge >= 0.3 is 0 Å². The Balaban J connectivity index is 1.90. The van der Waals surface area contributed by atoms with Gasteiger partial charge in [-0.25, -0.2) is 0 Å². The first-order chi connectivity index (χ1) is 9.70. The zero-order valence-corrected chi connectivity index (χ0v) is 13.1. The van der Waals surface area contributed by atoms with Gasteiger partial charge in [-0.15, -0.1) is 0 Å². The van der Waals surface area contributed by atoms with Crippen LogP contribution in [0.15, 0.2) is 12.1 Å². The van der Waals surface area contributed by atoms with E-state index in [1.165, 1.54) is 32.1 Å². The summed E-state index contributed by atoms with van der Waals surface area (Å²) in [5, 5.41) is 20.6. The number of rotatable bonds is 2. The van der Waals surface area contributed by atoms with E-state index in [1.807, 2.05) is 6.07 Å². The van der Waals surface area contributed by atoms with Crippen LogP contribution >= 0.6 is 15.9 Å². The summed E-state index contributed by atoms with van der Waals surface area (Å²) < 4.78 is 6.26. The van der Waals surface area contributed by atoms with Gasteiger partial charge in [0.2, 0.25) is 0 Å². The van der Waals surface area contributed by atoms with Crippen LogP contribution in [0.25, 0.3) is 0 Å². The summed E-state index contributed by atoms with van der Waals surface area (Å²) >= 11 is 3.51. The molecule has 1 aliphatic carbocycles. The molecule has 3 rings (SSSR count). The molecule has 1 aliphatic heterocycles. The number of phenols is 2. The average Bonchev–Trinajstić information content (AvgIpc) is 2.51. The van der Waals surface area contributed by atoms with Gasteiger partial charge in [-0.1, -0.05) is 41.3 Å². The van der Waals surface area contributed by atoms with Gasteiger partial charge in [-0.3, -0.25) is 0 Å². The van der Waals surface area contributed by atoms with E-state index in [-0.39, 0.29) is 23.7 Å². The van der Waals surface area contributed by atoms with E-state index in [0.29, 0.717) is 17.7 Å². The van der Waals surface area contributed by atoms with E-state index in [9.17, 15) is 10.2 Å². The molecular weight excluding hydrogens is 320 g/mol. The van der Waals surface area contributed by atoms with Crippen molar-refractivity contribution < 1.29 is 14.9 Å². The Bertz CT molecular complexity index is 483. The van der Waals surface area contributed by atoms with Gasteiger partial charge in [-0.05, 0) is 30.4 Å². The molecule has 2 aliphatic rings. The first-order valence-electron chi connectivity index (χ1n) is 7.46. The van der Waals surface area contributed by atoms with Gasteiger partial charge in [0.05, 0.1) is 12.2 Å². The largest absolute Gasteiger partial charge is 0.504 e. The fourth-order valence-electron chi connectivity index (χ4n) is 3.59. The summed E-state index contributed by atoms with van der Waals surface area (Å²) in [5.41, 5.74) is 1.88. The third kappa shape index (κ3) is 2.56. The normalized spacial score (nSPS) is 27.2. The maximum absolute atomic E-state index is 10.2. The molecule has 2 atom stereocenters. The number of hydrogen-bond acceptors (Lipinski definition) is 3. The van der Waals surface area contributed by atoms with E-state index in [0.717, 1.165) is 11.1 Å². The average molecular weight is 341 g/mol. The van der Waals surface area contributed by atoms with Gasteiger partial charge < -0.3 is 14.9 Å². The number of ether oxygens (including phenoxy) is 1. The van der Waals surface area contributed by atoms with Crippen molar-refractivity contribution in [2.24, 2.45) is 5.92 Å². The number of aromatic hydroxyl groups is 2. The maximum Gasteiger partial charge on any atom is 0.161 e. The Morgan fingerprint density at radius 3 is 2.60 bits per heavy atom. The number of alkyl halides is 1. The minimum atomic E-state index is -0.0304. The predicted octanol–water partition coefficient (Wildman–Crippen LogP) is 4.06. The summed E-state index contributed by atoms with van der Waals surface area (Å²) in [6, 6.07) is 3.42. The molecule has 4 heteroatoms. The van der Waals surface area contributed by atoms with Crippen molar-refractivity contribution in [2.75, 3.05) is 5.33 Å². The van der Waals surface area contributed by atoms with Crippen LogP contribution in [0, 0.1) is 5.92 Å². The molecule has 1 aromatic rings. The molecule has 2 N–H and O–H groups in total. The minimum Gasteiger partial charge on any atom is -0.504 e. The van der Waals surface area contributed by atoms with Crippen molar-refractivity contribution in [3.05, 3.63) is 23.3 Å². The number of benzene rings is 1. The Kier molecular flexibility index (Phi) is 4.22. The second-order valence-electron chi connectivity index (χ2n) is 5.92. The summed E-state index contributed by atoms with van der Waals surface area (Å²) in [7, 11) is 0. The fraction of sp³-hybridized carbons (Fsp3) is 0.625. The zero-order chi connectivity index (χ0) is 14.1. The number of halogens is 1. The summed E-state index contributed by atoms with van der Waals surface area (Å²) in [4.78, 5) is 0. The first-order valence-corrected chi connectivity index (χ1v) is 8.58. The fourth-order valence-corrected chi connectivity index (χ4v) is 4.09. The second-order valence-corrected chi connectivity index (χ2v) is 6.57. The predicted molar refractivity (Wildman–Crippen MR) is 81.5 cm³/mol. The molecule has 1 saturated carbocycles. The molecule has 0 amide bonds. The number of fused-ring (bicyclic) bond motifs is 1. The second kappa shape index (κ2) is 5.94. The van der Waals surface area contributed by atoms with Crippen LogP contribution in [0.4, 0.5) is 0 Å². The van der Waals surface area contributed by atoms with Crippen LogP contribution in [0.2, 0.25) is 0 Å². The van der Waals surface area contributed by atoms with E-state index in [1.54, 1.807) is 6.07 Å². The van der Waals surface area contributed by atoms with Crippen LogP contribution < -0.4 is 0 Å². The summed E-state index contributed by atoms with van der Waals surface area (Å²) in [5.74, 6) is 0.596. The SMILES string of the molecule is Oc1ccc2c(c1O)CC(C1CCCCC1)OC2CBr. The summed E-state index contributed by atoms with van der Waals surface area (Å²) in [6.45, 7) is 0. The highest BCUT2D eigenvalue weighted by atomic mass is 79.9. The Labute approximate surface area is 128 Å². The highest BCUT2D eigenvalue weighted by molar-refractivity contribution is 9.09. The topological polar surface area (TPSA) is 49.7 Å². The standard InChI is InChI=1S/C16H21BrO3/c17-9-15-11-6-7-13(18)16(19)12(11)8-14(20-15)10-4-2-1-3-5-10/h6-7,10,14-15,18-19H,1-5,8-9H2. The van der Waals surface area contributed by atoms with Crippen LogP contribution in [0.3, 0.4) is 0 Å². The molecule has 110 valence electrons. The quantitative estimate of drug-likeness (QED) is 0.630. The Morgan fingerprint density at radius 1 is 1.15 bits per heavy atom. The monoisotopic (exact) mass is 340 g/mol. The number of phenolic OH excluding ortho intramolecular Hbond substituents is 2. The van der Waals surface area contributed by atoms with Crippen molar-refractivity contribution in [3.8, 4) is 11.5 Å². The van der Waals surface area contributed by atoms with Gasteiger partial charge in [0.15, 0.2) is 11.5 Å². The molecule has 2 unspecified atom stereocenters. The van der Waals surface area contributed by atoms with Crippen molar-refractivity contribution in [2.45, 2.75) is 50.7 Å². The maximum atomic E-state index is 10.2. The van der Waals surface area contributed by atoms with Crippen molar-refractivity contribution >= 4 is 15.9 Å². The number of hydrogen-bond donors (Lipinski definition) is 2. The van der Waals surface area contributed by atoms with Gasteiger partial charge in [0, 0.05) is 17.3 Å². The minimum absolute atomic E-state index is 0.0265. The lowest BCUT2D eigenvalue weighted by Crippen LogP contribution is -2.34. The Morgan fingerprint density at radius 2 is 1.90 bits per heavy atom. The molecule has 1 aromatic carbocycles. The van der Waals surface area contributed by atoms with Crippen LogP contribution in [0.1, 0.15) is 49.3 Å². The highest BCUT2D eigenvalue weighted by Crippen LogP contribution is 2.43. The smallest absolute Gasteiger partial charge is 0.161 e.